The monoisotopic (exact) mass is 342 g/mol. The van der Waals surface area contributed by atoms with Gasteiger partial charge >= 0.3 is 0 Å². The van der Waals surface area contributed by atoms with Crippen molar-refractivity contribution in [3.8, 4) is 11.5 Å². The van der Waals surface area contributed by atoms with Crippen molar-refractivity contribution in [3.63, 3.8) is 0 Å². The zero-order valence-electron chi connectivity index (χ0n) is 14.0. The van der Waals surface area contributed by atoms with E-state index in [0.717, 1.165) is 5.69 Å². The first-order chi connectivity index (χ1) is 12.3. The molecule has 2 aliphatic rings. The smallest absolute Gasteiger partial charge is 0.179 e. The Morgan fingerprint density at radius 3 is 2.52 bits per heavy atom. The van der Waals surface area contributed by atoms with Gasteiger partial charge in [-0.1, -0.05) is 30.3 Å². The molecule has 6 nitrogen and oxygen atoms in total. The van der Waals surface area contributed by atoms with Crippen molar-refractivity contribution in [2.45, 2.75) is 30.6 Å². The highest BCUT2D eigenvalue weighted by Crippen LogP contribution is 2.35. The topological polar surface area (TPSA) is 75.0 Å². The first kappa shape index (κ1) is 16.2. The Kier molecular flexibility index (Phi) is 4.48. The van der Waals surface area contributed by atoms with Gasteiger partial charge in [0.25, 0.3) is 0 Å². The molecule has 0 saturated carbocycles. The molecule has 6 heteroatoms. The number of anilines is 1. The van der Waals surface area contributed by atoms with Crippen molar-refractivity contribution in [2.24, 2.45) is 5.73 Å². The van der Waals surface area contributed by atoms with Crippen molar-refractivity contribution in [3.05, 3.63) is 54.6 Å². The molecule has 0 aliphatic carbocycles. The molecule has 2 aliphatic heterocycles. The van der Waals surface area contributed by atoms with Crippen LogP contribution in [0.3, 0.4) is 0 Å². The predicted molar refractivity (Wildman–Crippen MR) is 93.9 cm³/mol. The molecule has 1 saturated heterocycles. The van der Waals surface area contributed by atoms with Crippen LogP contribution in [0, 0.1) is 0 Å². The van der Waals surface area contributed by atoms with Gasteiger partial charge < -0.3 is 30.0 Å². The van der Waals surface area contributed by atoms with Crippen molar-refractivity contribution in [1.29, 1.82) is 0 Å². The largest absolute Gasteiger partial charge is 0.487 e. The van der Waals surface area contributed by atoms with E-state index in [1.807, 2.05) is 54.6 Å². The van der Waals surface area contributed by atoms with E-state index < -0.39 is 6.29 Å². The minimum absolute atomic E-state index is 0.251. The summed E-state index contributed by atoms with van der Waals surface area (Å²) in [5, 5.41) is 3.41. The molecule has 2 aromatic carbocycles. The normalized spacial score (nSPS) is 30.9. The molecule has 5 unspecified atom stereocenters. The fraction of sp³-hybridized carbons (Fsp3) is 0.368. The summed E-state index contributed by atoms with van der Waals surface area (Å²) in [4.78, 5) is 0. The zero-order chi connectivity index (χ0) is 17.2. The number of hydrogen-bond acceptors (Lipinski definition) is 6. The minimum atomic E-state index is -0.495. The first-order valence-electron chi connectivity index (χ1n) is 8.40. The number of benzene rings is 2. The average molecular weight is 342 g/mol. The molecule has 2 aromatic rings. The number of para-hydroxylation sites is 3. The van der Waals surface area contributed by atoms with E-state index in [1.54, 1.807) is 7.11 Å². The van der Waals surface area contributed by atoms with Gasteiger partial charge in [0.1, 0.15) is 18.8 Å². The summed E-state index contributed by atoms with van der Waals surface area (Å²) in [6, 6.07) is 16.9. The second-order valence-corrected chi connectivity index (χ2v) is 6.23. The summed E-state index contributed by atoms with van der Waals surface area (Å²) in [7, 11) is 1.62. The van der Waals surface area contributed by atoms with Gasteiger partial charge in [-0.05, 0) is 24.3 Å². The van der Waals surface area contributed by atoms with E-state index in [9.17, 15) is 0 Å². The second kappa shape index (κ2) is 6.92. The molecule has 0 radical (unpaired) electrons. The molecule has 4 rings (SSSR count). The van der Waals surface area contributed by atoms with E-state index in [1.165, 1.54) is 0 Å². The Balaban J connectivity index is 1.60. The van der Waals surface area contributed by atoms with Crippen molar-refractivity contribution in [2.75, 3.05) is 19.0 Å². The number of nitrogens with two attached hydrogens (primary N) is 1. The van der Waals surface area contributed by atoms with Gasteiger partial charge in [-0.25, -0.2) is 0 Å². The van der Waals surface area contributed by atoms with Crippen LogP contribution in [0.2, 0.25) is 0 Å². The lowest BCUT2D eigenvalue weighted by molar-refractivity contribution is -0.220. The zero-order valence-corrected chi connectivity index (χ0v) is 14.0. The third-order valence-electron chi connectivity index (χ3n) is 4.62. The van der Waals surface area contributed by atoms with Crippen molar-refractivity contribution >= 4 is 5.69 Å². The van der Waals surface area contributed by atoms with Crippen molar-refractivity contribution < 1.29 is 18.9 Å². The van der Waals surface area contributed by atoms with E-state index >= 15 is 0 Å². The first-order valence-corrected chi connectivity index (χ1v) is 8.40. The third kappa shape index (κ3) is 3.16. The summed E-state index contributed by atoms with van der Waals surface area (Å²) in [5.41, 5.74) is 7.53. The molecule has 2 heterocycles. The fourth-order valence-corrected chi connectivity index (χ4v) is 3.34. The average Bonchev–Trinajstić information content (AvgIpc) is 2.84. The van der Waals surface area contributed by atoms with Crippen LogP contribution >= 0.6 is 0 Å². The van der Waals surface area contributed by atoms with Crippen LogP contribution in [0.1, 0.15) is 0 Å². The molecule has 0 amide bonds. The number of nitrogens with one attached hydrogen (secondary N) is 1. The number of ether oxygens (including phenoxy) is 4. The van der Waals surface area contributed by atoms with Crippen LogP contribution in [0.4, 0.5) is 5.69 Å². The van der Waals surface area contributed by atoms with E-state index in [-0.39, 0.29) is 24.3 Å². The maximum absolute atomic E-state index is 6.57. The van der Waals surface area contributed by atoms with Gasteiger partial charge in [-0.3, -0.25) is 0 Å². The molecule has 3 N–H and O–H groups in total. The minimum Gasteiger partial charge on any atom is -0.487 e. The van der Waals surface area contributed by atoms with Crippen LogP contribution < -0.4 is 20.5 Å². The number of fused-ring (bicyclic) bond motifs is 2. The number of rotatable bonds is 3. The predicted octanol–water partition coefficient (Wildman–Crippen LogP) is 2.01. The highest BCUT2D eigenvalue weighted by Gasteiger charge is 2.47. The van der Waals surface area contributed by atoms with Gasteiger partial charge in [0.2, 0.25) is 0 Å². The summed E-state index contributed by atoms with van der Waals surface area (Å²) in [6.07, 6.45) is -1.14. The number of methoxy groups -OCH3 is 1. The second-order valence-electron chi connectivity index (χ2n) is 6.23. The van der Waals surface area contributed by atoms with Crippen LogP contribution in [0.15, 0.2) is 54.6 Å². The lowest BCUT2D eigenvalue weighted by Crippen LogP contribution is -2.66. The number of hydrogen-bond donors (Lipinski definition) is 2. The fourth-order valence-electron chi connectivity index (χ4n) is 3.34. The molecule has 0 aromatic heterocycles. The summed E-state index contributed by atoms with van der Waals surface area (Å²) in [6.45, 7) is 0.368. The van der Waals surface area contributed by atoms with Gasteiger partial charge in [-0.15, -0.1) is 0 Å². The SMILES string of the molecule is COC1OC2COc3ccccc3OC2C(N)C1Nc1ccccc1. The Morgan fingerprint density at radius 2 is 1.76 bits per heavy atom. The van der Waals surface area contributed by atoms with E-state index in [2.05, 4.69) is 5.32 Å². The molecule has 0 bridgehead atoms. The molecule has 25 heavy (non-hydrogen) atoms. The maximum atomic E-state index is 6.57. The molecular weight excluding hydrogens is 320 g/mol. The van der Waals surface area contributed by atoms with E-state index in [4.69, 9.17) is 24.7 Å². The van der Waals surface area contributed by atoms with Crippen molar-refractivity contribution in [1.82, 2.24) is 0 Å². The summed E-state index contributed by atoms with van der Waals surface area (Å²) < 4.78 is 23.6. The van der Waals surface area contributed by atoms with Crippen LogP contribution in [0.25, 0.3) is 0 Å². The molecule has 132 valence electrons. The third-order valence-corrected chi connectivity index (χ3v) is 4.62. The molecular formula is C19H22N2O4. The van der Waals surface area contributed by atoms with Gasteiger partial charge in [0, 0.05) is 12.8 Å². The Bertz CT molecular complexity index is 710. The molecule has 1 fully saturated rings. The quantitative estimate of drug-likeness (QED) is 0.889. The highest BCUT2D eigenvalue weighted by atomic mass is 16.7. The lowest BCUT2D eigenvalue weighted by atomic mass is 9.94. The van der Waals surface area contributed by atoms with Crippen LogP contribution in [-0.4, -0.2) is 44.3 Å². The van der Waals surface area contributed by atoms with Gasteiger partial charge in [0.05, 0.1) is 12.1 Å². The Hall–Kier alpha value is -2.28. The molecule has 5 atom stereocenters. The van der Waals surface area contributed by atoms with E-state index in [0.29, 0.717) is 18.1 Å². The Labute approximate surface area is 146 Å². The highest BCUT2D eigenvalue weighted by molar-refractivity contribution is 5.45. The van der Waals surface area contributed by atoms with Gasteiger partial charge in [-0.2, -0.15) is 0 Å². The summed E-state index contributed by atoms with van der Waals surface area (Å²) in [5.74, 6) is 1.39. The summed E-state index contributed by atoms with van der Waals surface area (Å²) >= 11 is 0. The Morgan fingerprint density at radius 1 is 1.04 bits per heavy atom. The van der Waals surface area contributed by atoms with Crippen LogP contribution in [-0.2, 0) is 9.47 Å². The standard InChI is InChI=1S/C19H22N2O4/c1-22-19-17(21-12-7-3-2-4-8-12)16(20)18-15(25-19)11-23-13-9-5-6-10-14(13)24-18/h2-10,15-19,21H,11,20H2,1H3. The van der Waals surface area contributed by atoms with Crippen LogP contribution in [0.5, 0.6) is 11.5 Å². The molecule has 0 spiro atoms. The maximum Gasteiger partial charge on any atom is 0.179 e. The van der Waals surface area contributed by atoms with Gasteiger partial charge in [0.15, 0.2) is 17.8 Å². The lowest BCUT2D eigenvalue weighted by Gasteiger charge is -2.44.